The van der Waals surface area contributed by atoms with E-state index in [0.29, 0.717) is 26.2 Å². The summed E-state index contributed by atoms with van der Waals surface area (Å²) >= 11 is 0. The Balaban J connectivity index is 1.35. The van der Waals surface area contributed by atoms with Crippen molar-refractivity contribution in [1.82, 2.24) is 0 Å². The Labute approximate surface area is 242 Å². The number of carbonyl (C=O) groups is 4. The van der Waals surface area contributed by atoms with Crippen LogP contribution in [-0.2, 0) is 53.0 Å². The van der Waals surface area contributed by atoms with Crippen molar-refractivity contribution in [1.29, 1.82) is 0 Å². The molecule has 0 spiro atoms. The predicted molar refractivity (Wildman–Crippen MR) is 137 cm³/mol. The zero-order valence-electron chi connectivity index (χ0n) is 23.8. The molecule has 0 aromatic rings. The minimum atomic E-state index is -5.83. The van der Waals surface area contributed by atoms with Crippen LogP contribution in [0.4, 0.5) is 8.78 Å². The van der Waals surface area contributed by atoms with Gasteiger partial charge in [-0.2, -0.15) is 17.2 Å². The number of rotatable bonds is 13. The van der Waals surface area contributed by atoms with Gasteiger partial charge in [0, 0.05) is 11.8 Å². The highest BCUT2D eigenvalue weighted by atomic mass is 32.2. The molecule has 238 valence electrons. The number of esters is 4. The van der Waals surface area contributed by atoms with Gasteiger partial charge in [0.25, 0.3) is 0 Å². The molecule has 3 aliphatic carbocycles. The Morgan fingerprint density at radius 1 is 1.05 bits per heavy atom. The van der Waals surface area contributed by atoms with Crippen LogP contribution in [0.2, 0.25) is 0 Å². The van der Waals surface area contributed by atoms with Crippen LogP contribution < -0.4 is 0 Å². The van der Waals surface area contributed by atoms with E-state index in [0.717, 1.165) is 32.1 Å². The number of fused-ring (bicyclic) bond motifs is 1. The Hall–Kier alpha value is -2.39. The topological polar surface area (TPSA) is 169 Å². The second-order valence-electron chi connectivity index (χ2n) is 11.7. The maximum absolute atomic E-state index is 13.7. The Morgan fingerprint density at radius 2 is 1.67 bits per heavy atom. The summed E-state index contributed by atoms with van der Waals surface area (Å²) in [4.78, 5) is 50.8. The summed E-state index contributed by atoms with van der Waals surface area (Å²) in [6.07, 6.45) is 2.76. The van der Waals surface area contributed by atoms with E-state index in [9.17, 15) is 36.4 Å². The molecule has 3 saturated carbocycles. The lowest BCUT2D eigenvalue weighted by Gasteiger charge is -2.42. The van der Waals surface area contributed by atoms with E-state index in [1.54, 1.807) is 0 Å². The lowest BCUT2D eigenvalue weighted by Crippen LogP contribution is -2.48. The fourth-order valence-electron chi connectivity index (χ4n) is 7.33. The summed E-state index contributed by atoms with van der Waals surface area (Å²) in [7, 11) is -5.83. The molecule has 1 N–H and O–H groups in total. The first-order chi connectivity index (χ1) is 19.7. The van der Waals surface area contributed by atoms with Crippen LogP contribution in [-0.4, -0.2) is 79.2 Å². The molecule has 0 aromatic carbocycles. The van der Waals surface area contributed by atoms with E-state index in [1.807, 2.05) is 13.8 Å². The van der Waals surface area contributed by atoms with Gasteiger partial charge in [0.05, 0.1) is 11.8 Å². The second-order valence-corrected chi connectivity index (χ2v) is 13.2. The minimum absolute atomic E-state index is 0.229. The molecule has 4 rings (SSSR count). The number of hydrogen-bond donors (Lipinski definition) is 1. The molecule has 4 fully saturated rings. The lowest BCUT2D eigenvalue weighted by molar-refractivity contribution is -0.184. The molecule has 7 unspecified atom stereocenters. The van der Waals surface area contributed by atoms with Crippen LogP contribution in [0.3, 0.4) is 0 Å². The molecule has 15 heteroatoms. The van der Waals surface area contributed by atoms with Gasteiger partial charge in [-0.1, -0.05) is 33.1 Å². The summed E-state index contributed by atoms with van der Waals surface area (Å²) in [5.74, 6) is -5.49. The molecule has 0 radical (unpaired) electrons. The van der Waals surface area contributed by atoms with Crippen molar-refractivity contribution in [2.24, 2.45) is 29.6 Å². The van der Waals surface area contributed by atoms with E-state index < -0.39 is 94.1 Å². The normalized spacial score (nSPS) is 30.1. The minimum Gasteiger partial charge on any atom is -0.459 e. The third kappa shape index (κ3) is 6.01. The quantitative estimate of drug-likeness (QED) is 0.181. The van der Waals surface area contributed by atoms with Crippen molar-refractivity contribution >= 4 is 34.0 Å². The van der Waals surface area contributed by atoms with Gasteiger partial charge in [-0.25, -0.2) is 9.59 Å². The monoisotopic (exact) mass is 624 g/mol. The molecular formula is C27H38F2O12S. The SMILES string of the molecule is CCC(CC)(OC(=O)C1C2CC3C(OC(=O)C31)C2OC(=O)COCC(=O)OC(C)C(F)(F)S(=O)(=O)O)C1CCCCC1. The molecule has 0 aromatic heterocycles. The standard InChI is InChI=1S/C27H38F2O12S/c1-4-26(5-2,15-9-7-6-8-10-15)41-25(33)21-17-11-16-20(21)24(32)40-23(16)22(17)39-19(31)13-37-12-18(30)38-14(3)27(28,29)42(34,35)36/h14-17,20-23H,4-13H2,1-3H3,(H,34,35,36). The van der Waals surface area contributed by atoms with E-state index >= 15 is 0 Å². The van der Waals surface area contributed by atoms with Gasteiger partial charge >= 0.3 is 39.2 Å². The Kier molecular flexibility index (Phi) is 9.53. The van der Waals surface area contributed by atoms with Gasteiger partial charge in [0.15, 0.2) is 6.10 Å². The maximum atomic E-state index is 13.7. The lowest BCUT2D eigenvalue weighted by atomic mass is 9.73. The Bertz CT molecular complexity index is 1160. The Morgan fingerprint density at radius 3 is 2.26 bits per heavy atom. The first-order valence-corrected chi connectivity index (χ1v) is 15.9. The molecule has 1 aliphatic heterocycles. The molecule has 7 atom stereocenters. The number of alkyl halides is 2. The molecule has 12 nitrogen and oxygen atoms in total. The molecule has 2 bridgehead atoms. The largest absolute Gasteiger partial charge is 0.459 e. The van der Waals surface area contributed by atoms with Crippen LogP contribution in [0.5, 0.6) is 0 Å². The van der Waals surface area contributed by atoms with E-state index in [4.69, 9.17) is 23.5 Å². The zero-order chi connectivity index (χ0) is 31.0. The fourth-order valence-corrected chi connectivity index (χ4v) is 7.80. The third-order valence-electron chi connectivity index (χ3n) is 9.50. The number of carbonyl (C=O) groups excluding carboxylic acids is 4. The molecular weight excluding hydrogens is 586 g/mol. The molecule has 4 aliphatic rings. The third-order valence-corrected chi connectivity index (χ3v) is 10.5. The first kappa shape index (κ1) is 32.5. The van der Waals surface area contributed by atoms with Crippen molar-refractivity contribution in [3.8, 4) is 0 Å². The smallest absolute Gasteiger partial charge is 0.405 e. The van der Waals surface area contributed by atoms with Crippen molar-refractivity contribution in [2.45, 2.75) is 101 Å². The first-order valence-electron chi connectivity index (χ1n) is 14.4. The molecule has 1 saturated heterocycles. The van der Waals surface area contributed by atoms with E-state index in [2.05, 4.69) is 4.74 Å². The van der Waals surface area contributed by atoms with Gasteiger partial charge < -0.3 is 23.7 Å². The van der Waals surface area contributed by atoms with Crippen LogP contribution in [0.15, 0.2) is 0 Å². The average Bonchev–Trinajstić information content (AvgIpc) is 3.55. The molecule has 1 heterocycles. The van der Waals surface area contributed by atoms with Gasteiger partial charge in [0.1, 0.15) is 31.0 Å². The zero-order valence-corrected chi connectivity index (χ0v) is 24.6. The number of halogens is 2. The van der Waals surface area contributed by atoms with Crippen molar-refractivity contribution in [3.63, 3.8) is 0 Å². The second kappa shape index (κ2) is 12.3. The van der Waals surface area contributed by atoms with Crippen LogP contribution in [0.1, 0.15) is 72.1 Å². The maximum Gasteiger partial charge on any atom is 0.405 e. The summed E-state index contributed by atoms with van der Waals surface area (Å²) in [6.45, 7) is 2.75. The van der Waals surface area contributed by atoms with Gasteiger partial charge in [-0.3, -0.25) is 14.1 Å². The highest BCUT2D eigenvalue weighted by molar-refractivity contribution is 7.86. The molecule has 42 heavy (non-hydrogen) atoms. The van der Waals surface area contributed by atoms with Gasteiger partial charge in [-0.05, 0) is 44.9 Å². The molecule has 0 amide bonds. The summed E-state index contributed by atoms with van der Waals surface area (Å²) in [6, 6.07) is 0. The van der Waals surface area contributed by atoms with Crippen LogP contribution in [0, 0.1) is 29.6 Å². The van der Waals surface area contributed by atoms with Crippen molar-refractivity contribution in [3.05, 3.63) is 0 Å². The highest BCUT2D eigenvalue weighted by Crippen LogP contribution is 2.59. The fraction of sp³-hybridized carbons (Fsp3) is 0.852. The van der Waals surface area contributed by atoms with E-state index in [1.165, 1.54) is 0 Å². The summed E-state index contributed by atoms with van der Waals surface area (Å²) < 4.78 is 83.7. The number of hydrogen-bond acceptors (Lipinski definition) is 11. The van der Waals surface area contributed by atoms with Crippen LogP contribution in [0.25, 0.3) is 0 Å². The number of ether oxygens (including phenoxy) is 5. The summed E-state index contributed by atoms with van der Waals surface area (Å²) in [5, 5.41) is -4.75. The van der Waals surface area contributed by atoms with Crippen molar-refractivity contribution < 1.29 is 64.6 Å². The average molecular weight is 625 g/mol. The predicted octanol–water partition coefficient (Wildman–Crippen LogP) is 2.82. The van der Waals surface area contributed by atoms with Crippen LogP contribution >= 0.6 is 0 Å². The van der Waals surface area contributed by atoms with Crippen molar-refractivity contribution in [2.75, 3.05) is 13.2 Å². The van der Waals surface area contributed by atoms with E-state index in [-0.39, 0.29) is 11.8 Å². The van der Waals surface area contributed by atoms with Gasteiger partial charge in [-0.15, -0.1) is 0 Å². The highest BCUT2D eigenvalue weighted by Gasteiger charge is 2.70. The van der Waals surface area contributed by atoms with Gasteiger partial charge in [0.2, 0.25) is 0 Å². The summed E-state index contributed by atoms with van der Waals surface area (Å²) in [5.41, 5.74) is -0.640.